The number of fused-ring (bicyclic) bond motifs is 1. The number of nitrogens with zero attached hydrogens (tertiary/aromatic N) is 1. The molecule has 1 nitrogen and oxygen atoms in total. The van der Waals surface area contributed by atoms with Crippen molar-refractivity contribution in [2.75, 3.05) is 6.54 Å². The molecule has 1 aromatic heterocycles. The van der Waals surface area contributed by atoms with Gasteiger partial charge in [0.2, 0.25) is 0 Å². The summed E-state index contributed by atoms with van der Waals surface area (Å²) in [5.74, 6) is 0. The van der Waals surface area contributed by atoms with Crippen molar-refractivity contribution in [1.82, 2.24) is 0 Å². The minimum Gasteiger partial charge on any atom is -0.292 e. The van der Waals surface area contributed by atoms with Crippen LogP contribution in [0.5, 0.6) is 0 Å². The number of alkyl halides is 3. The minimum atomic E-state index is -4.11. The molecule has 0 aliphatic carbocycles. The highest BCUT2D eigenvalue weighted by Crippen LogP contribution is 2.29. The van der Waals surface area contributed by atoms with Crippen molar-refractivity contribution < 1.29 is 13.2 Å². The predicted octanol–water partition coefficient (Wildman–Crippen LogP) is 2.83. The fraction of sp³-hybridized carbons (Fsp3) is 0.444. The molecule has 2 heterocycles. The maximum Gasteiger partial charge on any atom is 0.393 e. The van der Waals surface area contributed by atoms with E-state index in [4.69, 9.17) is 0 Å². The summed E-state index contributed by atoms with van der Waals surface area (Å²) in [6, 6.07) is 1.59. The Kier molecular flexibility index (Phi) is 2.34. The Morgan fingerprint density at radius 2 is 2.21 bits per heavy atom. The number of hydrogen-bond donors (Lipinski definition) is 0. The van der Waals surface area contributed by atoms with Gasteiger partial charge in [-0.1, -0.05) is 0 Å². The van der Waals surface area contributed by atoms with Gasteiger partial charge in [0.05, 0.1) is 6.42 Å². The lowest BCUT2D eigenvalue weighted by Gasteiger charge is -2.02. The average molecular weight is 219 g/mol. The number of halogens is 3. The van der Waals surface area contributed by atoms with Crippen LogP contribution in [0.2, 0.25) is 0 Å². The normalized spacial score (nSPS) is 15.6. The van der Waals surface area contributed by atoms with E-state index in [1.807, 2.05) is 0 Å². The summed E-state index contributed by atoms with van der Waals surface area (Å²) in [6.45, 7) is 0.693. The van der Waals surface area contributed by atoms with Crippen LogP contribution in [0.3, 0.4) is 0 Å². The second kappa shape index (κ2) is 3.38. The third-order valence-corrected chi connectivity index (χ3v) is 3.18. The highest BCUT2D eigenvalue weighted by atomic mass is 32.1. The van der Waals surface area contributed by atoms with Gasteiger partial charge in [0.1, 0.15) is 0 Å². The van der Waals surface area contributed by atoms with E-state index in [9.17, 15) is 13.2 Å². The molecule has 0 aromatic carbocycles. The minimum absolute atomic E-state index is 0.385. The Hall–Kier alpha value is -0.840. The first-order valence-corrected chi connectivity index (χ1v) is 5.04. The van der Waals surface area contributed by atoms with E-state index >= 15 is 0 Å². The van der Waals surface area contributed by atoms with Gasteiger partial charge < -0.3 is 0 Å². The molecule has 1 aliphatic heterocycles. The maximum atomic E-state index is 12.1. The summed E-state index contributed by atoms with van der Waals surface area (Å²) in [6.07, 6.45) is -2.49. The molecule has 0 spiro atoms. The fourth-order valence-electron chi connectivity index (χ4n) is 1.42. The largest absolute Gasteiger partial charge is 0.393 e. The van der Waals surface area contributed by atoms with Crippen LogP contribution in [0.25, 0.3) is 0 Å². The van der Waals surface area contributed by atoms with Crippen molar-refractivity contribution in [2.45, 2.75) is 19.0 Å². The first-order chi connectivity index (χ1) is 6.54. The molecule has 0 amide bonds. The quantitative estimate of drug-likeness (QED) is 0.688. The van der Waals surface area contributed by atoms with Gasteiger partial charge in [-0.2, -0.15) is 13.2 Å². The van der Waals surface area contributed by atoms with Crippen LogP contribution in [-0.2, 0) is 12.8 Å². The molecular formula is C9H8F3NS. The Morgan fingerprint density at radius 3 is 2.86 bits per heavy atom. The standard InChI is InChI=1S/C9H8F3NS/c10-9(11,12)4-7-3-6-5-13-2-1-8(6)14-7/h3,5H,1-2,4H2. The van der Waals surface area contributed by atoms with Crippen molar-refractivity contribution in [3.63, 3.8) is 0 Å². The fourth-order valence-corrected chi connectivity index (χ4v) is 2.58. The molecular weight excluding hydrogens is 211 g/mol. The van der Waals surface area contributed by atoms with E-state index in [2.05, 4.69) is 4.99 Å². The lowest BCUT2D eigenvalue weighted by molar-refractivity contribution is -0.126. The van der Waals surface area contributed by atoms with E-state index in [0.29, 0.717) is 11.4 Å². The maximum absolute atomic E-state index is 12.1. The van der Waals surface area contributed by atoms with Crippen LogP contribution in [-0.4, -0.2) is 18.9 Å². The summed E-state index contributed by atoms with van der Waals surface area (Å²) in [4.78, 5) is 5.44. The second-order valence-corrected chi connectivity index (χ2v) is 4.39. The van der Waals surface area contributed by atoms with Gasteiger partial charge in [-0.25, -0.2) is 0 Å². The van der Waals surface area contributed by atoms with Crippen LogP contribution in [0, 0.1) is 0 Å². The molecule has 0 saturated heterocycles. The average Bonchev–Trinajstić information content (AvgIpc) is 2.42. The number of aliphatic imine (C=N–C) groups is 1. The summed E-state index contributed by atoms with van der Waals surface area (Å²) < 4.78 is 36.2. The SMILES string of the molecule is FC(F)(F)Cc1cc2c(s1)CCN=C2. The van der Waals surface area contributed by atoms with Crippen molar-refractivity contribution in [3.8, 4) is 0 Å². The highest BCUT2D eigenvalue weighted by Gasteiger charge is 2.29. The van der Waals surface area contributed by atoms with Gasteiger partial charge in [0.25, 0.3) is 0 Å². The lowest BCUT2D eigenvalue weighted by Crippen LogP contribution is -2.10. The smallest absolute Gasteiger partial charge is 0.292 e. The highest BCUT2D eigenvalue weighted by molar-refractivity contribution is 7.12. The molecule has 0 radical (unpaired) electrons. The molecule has 1 aromatic rings. The molecule has 5 heteroatoms. The Morgan fingerprint density at radius 1 is 1.43 bits per heavy atom. The molecule has 0 N–H and O–H groups in total. The molecule has 2 rings (SSSR count). The van der Waals surface area contributed by atoms with Gasteiger partial charge in [-0.15, -0.1) is 11.3 Å². The van der Waals surface area contributed by atoms with E-state index in [1.54, 1.807) is 12.3 Å². The lowest BCUT2D eigenvalue weighted by atomic mass is 10.2. The molecule has 0 fully saturated rings. The van der Waals surface area contributed by atoms with Crippen LogP contribution >= 0.6 is 11.3 Å². The van der Waals surface area contributed by atoms with Crippen LogP contribution in [0.15, 0.2) is 11.1 Å². The summed E-state index contributed by atoms with van der Waals surface area (Å²) in [5.41, 5.74) is 0.862. The van der Waals surface area contributed by atoms with Crippen molar-refractivity contribution in [3.05, 3.63) is 21.4 Å². The van der Waals surface area contributed by atoms with Crippen molar-refractivity contribution >= 4 is 17.6 Å². The zero-order valence-corrected chi connectivity index (χ0v) is 8.08. The monoisotopic (exact) mass is 219 g/mol. The number of hydrogen-bond acceptors (Lipinski definition) is 2. The summed E-state index contributed by atoms with van der Waals surface area (Å²) in [7, 11) is 0. The van der Waals surface area contributed by atoms with Crippen molar-refractivity contribution in [1.29, 1.82) is 0 Å². The Bertz CT molecular complexity index is 365. The van der Waals surface area contributed by atoms with Gasteiger partial charge in [0.15, 0.2) is 0 Å². The molecule has 0 atom stereocenters. The molecule has 1 aliphatic rings. The molecule has 0 bridgehead atoms. The molecule has 0 unspecified atom stereocenters. The Balaban J connectivity index is 2.21. The van der Waals surface area contributed by atoms with E-state index in [-0.39, 0.29) is 0 Å². The van der Waals surface area contributed by atoms with Gasteiger partial charge in [-0.05, 0) is 6.07 Å². The third-order valence-electron chi connectivity index (χ3n) is 1.97. The van der Waals surface area contributed by atoms with E-state index in [0.717, 1.165) is 16.9 Å². The van der Waals surface area contributed by atoms with Crippen LogP contribution in [0.4, 0.5) is 13.2 Å². The van der Waals surface area contributed by atoms with Crippen LogP contribution < -0.4 is 0 Å². The Labute approximate surface area is 83.3 Å². The van der Waals surface area contributed by atoms with Gasteiger partial charge >= 0.3 is 6.18 Å². The van der Waals surface area contributed by atoms with Gasteiger partial charge in [-0.3, -0.25) is 4.99 Å². The summed E-state index contributed by atoms with van der Waals surface area (Å²) >= 11 is 1.25. The zero-order chi connectivity index (χ0) is 10.2. The second-order valence-electron chi connectivity index (χ2n) is 3.17. The zero-order valence-electron chi connectivity index (χ0n) is 7.27. The number of thiophene rings is 1. The predicted molar refractivity (Wildman–Crippen MR) is 50.2 cm³/mol. The van der Waals surface area contributed by atoms with E-state index in [1.165, 1.54) is 11.3 Å². The third kappa shape index (κ3) is 2.15. The number of rotatable bonds is 1. The molecule has 0 saturated carbocycles. The summed E-state index contributed by atoms with van der Waals surface area (Å²) in [5, 5.41) is 0. The first-order valence-electron chi connectivity index (χ1n) is 4.23. The molecule has 76 valence electrons. The first kappa shape index (κ1) is 9.71. The van der Waals surface area contributed by atoms with E-state index < -0.39 is 12.6 Å². The van der Waals surface area contributed by atoms with Crippen LogP contribution in [0.1, 0.15) is 15.3 Å². The molecule has 14 heavy (non-hydrogen) atoms. The topological polar surface area (TPSA) is 12.4 Å². The van der Waals surface area contributed by atoms with Crippen molar-refractivity contribution in [2.24, 2.45) is 4.99 Å². The van der Waals surface area contributed by atoms with Gasteiger partial charge in [0, 0.05) is 34.5 Å².